The third-order valence-electron chi connectivity index (χ3n) is 7.57. The van der Waals surface area contributed by atoms with Gasteiger partial charge in [-0.2, -0.15) is 0 Å². The SMILES string of the molecule is CCCCCCCN(Cc1ccc(C(C)(C)C)cc1)C(=Nc1ccc(OCCCCC)cc1)C1C(=O)OC(C)(C)OC1=O. The Hall–Kier alpha value is -3.35. The summed E-state index contributed by atoms with van der Waals surface area (Å²) in [4.78, 5) is 33.7. The van der Waals surface area contributed by atoms with Gasteiger partial charge in [-0.25, -0.2) is 4.99 Å². The van der Waals surface area contributed by atoms with Gasteiger partial charge in [-0.3, -0.25) is 9.59 Å². The predicted octanol–water partition coefficient (Wildman–Crippen LogP) is 8.51. The van der Waals surface area contributed by atoms with Crippen LogP contribution in [0.1, 0.15) is 111 Å². The van der Waals surface area contributed by atoms with E-state index in [0.717, 1.165) is 56.3 Å². The molecule has 0 N–H and O–H groups in total. The number of benzene rings is 2. The number of cyclic esters (lactones) is 2. The van der Waals surface area contributed by atoms with E-state index >= 15 is 0 Å². The second kappa shape index (κ2) is 15.9. The fourth-order valence-corrected chi connectivity index (χ4v) is 5.05. The van der Waals surface area contributed by atoms with Gasteiger partial charge in [0.15, 0.2) is 0 Å². The Kier molecular flexibility index (Phi) is 12.6. The molecule has 43 heavy (non-hydrogen) atoms. The van der Waals surface area contributed by atoms with E-state index in [1.54, 1.807) is 13.8 Å². The van der Waals surface area contributed by atoms with Crippen LogP contribution in [-0.2, 0) is 31.0 Å². The summed E-state index contributed by atoms with van der Waals surface area (Å²) in [5, 5.41) is 0. The second-order valence-corrected chi connectivity index (χ2v) is 13.0. The molecule has 3 rings (SSSR count). The zero-order valence-electron chi connectivity index (χ0n) is 27.4. The molecule has 7 nitrogen and oxygen atoms in total. The molecule has 0 radical (unpaired) electrons. The summed E-state index contributed by atoms with van der Waals surface area (Å²) in [6, 6.07) is 16.0. The molecule has 0 saturated carbocycles. The number of carbonyl (C=O) groups excluding carboxylic acids is 2. The van der Waals surface area contributed by atoms with Gasteiger partial charge in [0.25, 0.3) is 5.79 Å². The summed E-state index contributed by atoms with van der Waals surface area (Å²) in [6.07, 6.45) is 8.71. The zero-order chi connectivity index (χ0) is 31.5. The second-order valence-electron chi connectivity index (χ2n) is 13.0. The Labute approximate surface area is 259 Å². The summed E-state index contributed by atoms with van der Waals surface area (Å²) in [7, 11) is 0. The first-order valence-corrected chi connectivity index (χ1v) is 16.0. The van der Waals surface area contributed by atoms with Crippen molar-refractivity contribution in [2.75, 3.05) is 13.2 Å². The van der Waals surface area contributed by atoms with Crippen molar-refractivity contribution in [1.82, 2.24) is 4.90 Å². The van der Waals surface area contributed by atoms with Gasteiger partial charge in [0, 0.05) is 26.9 Å². The van der Waals surface area contributed by atoms with Crippen molar-refractivity contribution in [3.63, 3.8) is 0 Å². The van der Waals surface area contributed by atoms with Crippen molar-refractivity contribution in [1.29, 1.82) is 0 Å². The van der Waals surface area contributed by atoms with Gasteiger partial charge in [-0.05, 0) is 53.6 Å². The van der Waals surface area contributed by atoms with Gasteiger partial charge in [0.1, 0.15) is 11.6 Å². The molecule has 7 heteroatoms. The quantitative estimate of drug-likeness (QED) is 0.0678. The summed E-state index contributed by atoms with van der Waals surface area (Å²) in [6.45, 7) is 15.9. The standard InChI is InChI=1S/C36H52N2O5/c1-8-10-12-13-14-24-38(26-27-16-18-28(19-17-27)35(3,4)5)32(31-33(39)42-36(6,7)43-34(31)40)37-29-20-22-30(23-21-29)41-25-15-11-9-2/h16-23,31H,8-15,24-26H2,1-7H3. The third-order valence-corrected chi connectivity index (χ3v) is 7.57. The average Bonchev–Trinajstić information content (AvgIpc) is 2.93. The molecule has 1 aliphatic rings. The van der Waals surface area contributed by atoms with Gasteiger partial charge in [-0.15, -0.1) is 0 Å². The van der Waals surface area contributed by atoms with E-state index in [1.807, 2.05) is 24.3 Å². The maximum Gasteiger partial charge on any atom is 0.331 e. The van der Waals surface area contributed by atoms with Crippen LogP contribution in [0, 0.1) is 5.92 Å². The number of hydrogen-bond donors (Lipinski definition) is 0. The topological polar surface area (TPSA) is 77.4 Å². The molecule has 0 bridgehead atoms. The van der Waals surface area contributed by atoms with Gasteiger partial charge < -0.3 is 19.1 Å². The molecule has 1 saturated heterocycles. The first kappa shape index (κ1) is 34.1. The fraction of sp³-hybridized carbons (Fsp3) is 0.583. The largest absolute Gasteiger partial charge is 0.494 e. The zero-order valence-corrected chi connectivity index (χ0v) is 27.4. The van der Waals surface area contributed by atoms with E-state index in [4.69, 9.17) is 19.2 Å². The Morgan fingerprint density at radius 2 is 1.42 bits per heavy atom. The maximum atomic E-state index is 13.4. The number of nitrogens with zero attached hydrogens (tertiary/aromatic N) is 2. The molecule has 1 heterocycles. The van der Waals surface area contributed by atoms with Crippen LogP contribution >= 0.6 is 0 Å². The first-order valence-electron chi connectivity index (χ1n) is 16.0. The summed E-state index contributed by atoms with van der Waals surface area (Å²) in [5.74, 6) is -2.77. The molecule has 1 fully saturated rings. The highest BCUT2D eigenvalue weighted by atomic mass is 16.7. The van der Waals surface area contributed by atoms with Crippen LogP contribution in [0.5, 0.6) is 5.75 Å². The number of carbonyl (C=O) groups is 2. The minimum Gasteiger partial charge on any atom is -0.494 e. The molecule has 2 aromatic carbocycles. The van der Waals surface area contributed by atoms with Crippen LogP contribution in [-0.4, -0.2) is 41.6 Å². The third kappa shape index (κ3) is 10.7. The number of aliphatic imine (C=N–C) groups is 1. The lowest BCUT2D eigenvalue weighted by atomic mass is 9.86. The minimum atomic E-state index is -1.32. The first-order chi connectivity index (χ1) is 20.4. The number of ether oxygens (including phenoxy) is 3. The highest BCUT2D eigenvalue weighted by Gasteiger charge is 2.47. The van der Waals surface area contributed by atoms with Crippen molar-refractivity contribution in [2.45, 2.75) is 118 Å². The van der Waals surface area contributed by atoms with Crippen molar-refractivity contribution >= 4 is 23.5 Å². The molecular weight excluding hydrogens is 540 g/mol. The lowest BCUT2D eigenvalue weighted by molar-refractivity contribution is -0.236. The van der Waals surface area contributed by atoms with Crippen LogP contribution in [0.25, 0.3) is 0 Å². The Morgan fingerprint density at radius 3 is 2.00 bits per heavy atom. The number of unbranched alkanes of at least 4 members (excludes halogenated alkanes) is 6. The molecular formula is C36H52N2O5. The van der Waals surface area contributed by atoms with E-state index < -0.39 is 23.6 Å². The van der Waals surface area contributed by atoms with E-state index in [0.29, 0.717) is 31.2 Å². The Bertz CT molecular complexity index is 1180. The number of esters is 2. The highest BCUT2D eigenvalue weighted by Crippen LogP contribution is 2.29. The van der Waals surface area contributed by atoms with Crippen LogP contribution in [0.2, 0.25) is 0 Å². The molecule has 0 unspecified atom stereocenters. The van der Waals surface area contributed by atoms with Gasteiger partial charge in [0.2, 0.25) is 5.92 Å². The van der Waals surface area contributed by atoms with Gasteiger partial charge in [0.05, 0.1) is 12.3 Å². The minimum absolute atomic E-state index is 0.0401. The summed E-state index contributed by atoms with van der Waals surface area (Å²) < 4.78 is 17.0. The number of amidine groups is 1. The normalized spacial score (nSPS) is 15.7. The Balaban J connectivity index is 1.97. The lowest BCUT2D eigenvalue weighted by Crippen LogP contribution is -2.52. The van der Waals surface area contributed by atoms with Crippen LogP contribution in [0.4, 0.5) is 5.69 Å². The molecule has 236 valence electrons. The van der Waals surface area contributed by atoms with Gasteiger partial charge >= 0.3 is 11.9 Å². The highest BCUT2D eigenvalue weighted by molar-refractivity contribution is 6.17. The van der Waals surface area contributed by atoms with E-state index in [1.165, 1.54) is 12.0 Å². The molecule has 0 aromatic heterocycles. The fourth-order valence-electron chi connectivity index (χ4n) is 5.05. The maximum absolute atomic E-state index is 13.4. The van der Waals surface area contributed by atoms with Crippen molar-refractivity contribution in [2.24, 2.45) is 10.9 Å². The number of hydrogen-bond acceptors (Lipinski definition) is 6. The number of rotatable bonds is 15. The van der Waals surface area contributed by atoms with Crippen molar-refractivity contribution in [3.05, 3.63) is 59.7 Å². The summed E-state index contributed by atoms with van der Waals surface area (Å²) >= 11 is 0. The molecule has 0 aliphatic carbocycles. The van der Waals surface area contributed by atoms with E-state index in [9.17, 15) is 9.59 Å². The van der Waals surface area contributed by atoms with E-state index in [-0.39, 0.29) is 5.41 Å². The van der Waals surface area contributed by atoms with E-state index in [2.05, 4.69) is 63.8 Å². The summed E-state index contributed by atoms with van der Waals surface area (Å²) in [5.41, 5.74) is 2.98. The molecule has 2 aromatic rings. The average molecular weight is 593 g/mol. The smallest absolute Gasteiger partial charge is 0.331 e. The Morgan fingerprint density at radius 1 is 0.837 bits per heavy atom. The molecule has 0 spiro atoms. The van der Waals surface area contributed by atoms with Crippen LogP contribution in [0.15, 0.2) is 53.5 Å². The van der Waals surface area contributed by atoms with Gasteiger partial charge in [-0.1, -0.05) is 97.4 Å². The predicted molar refractivity (Wildman–Crippen MR) is 173 cm³/mol. The van der Waals surface area contributed by atoms with Crippen molar-refractivity contribution < 1.29 is 23.8 Å². The van der Waals surface area contributed by atoms with Crippen LogP contribution < -0.4 is 4.74 Å². The van der Waals surface area contributed by atoms with Crippen molar-refractivity contribution in [3.8, 4) is 5.75 Å². The molecule has 1 aliphatic heterocycles. The lowest BCUT2D eigenvalue weighted by Gasteiger charge is -2.36. The monoisotopic (exact) mass is 592 g/mol. The van der Waals surface area contributed by atoms with Crippen LogP contribution in [0.3, 0.4) is 0 Å². The molecule has 0 atom stereocenters. The molecule has 0 amide bonds.